The van der Waals surface area contributed by atoms with E-state index < -0.39 is 0 Å². The molecule has 0 aliphatic carbocycles. The molecule has 3 rings (SSSR count). The summed E-state index contributed by atoms with van der Waals surface area (Å²) in [6, 6.07) is 12.0. The first-order chi connectivity index (χ1) is 12.1. The Morgan fingerprint density at radius 2 is 1.92 bits per heavy atom. The maximum atomic E-state index is 13.1. The molecule has 4 heteroatoms. The standard InChI is InChI=1S/C21H25N3O/c1-4-5-12-23(14-18-9-7-6-8-16(18)2)21(25)19-10-11-20-22-17(3)13-24(20)15-19/h6-11,13,15H,4-5,12,14H2,1-3H3. The Kier molecular flexibility index (Phi) is 5.17. The molecule has 0 fully saturated rings. The van der Waals surface area contributed by atoms with Gasteiger partial charge in [0.15, 0.2) is 0 Å². The summed E-state index contributed by atoms with van der Waals surface area (Å²) in [4.78, 5) is 19.5. The molecular weight excluding hydrogens is 310 g/mol. The van der Waals surface area contributed by atoms with Crippen LogP contribution >= 0.6 is 0 Å². The van der Waals surface area contributed by atoms with Crippen LogP contribution in [-0.2, 0) is 6.54 Å². The Hall–Kier alpha value is -2.62. The van der Waals surface area contributed by atoms with Crippen LogP contribution in [0.25, 0.3) is 5.65 Å². The Labute approximate surface area is 149 Å². The third kappa shape index (κ3) is 3.90. The van der Waals surface area contributed by atoms with Crippen LogP contribution in [0.1, 0.15) is 46.9 Å². The lowest BCUT2D eigenvalue weighted by Gasteiger charge is -2.23. The zero-order chi connectivity index (χ0) is 17.8. The smallest absolute Gasteiger partial charge is 0.255 e. The first-order valence-corrected chi connectivity index (χ1v) is 8.87. The Morgan fingerprint density at radius 1 is 1.12 bits per heavy atom. The minimum absolute atomic E-state index is 0.0740. The minimum atomic E-state index is 0.0740. The summed E-state index contributed by atoms with van der Waals surface area (Å²) < 4.78 is 1.92. The van der Waals surface area contributed by atoms with Gasteiger partial charge in [-0.3, -0.25) is 4.79 Å². The summed E-state index contributed by atoms with van der Waals surface area (Å²) in [5.41, 5.74) is 4.94. The number of nitrogens with zero attached hydrogens (tertiary/aromatic N) is 3. The van der Waals surface area contributed by atoms with Gasteiger partial charge in [-0.1, -0.05) is 37.6 Å². The third-order valence-electron chi connectivity index (χ3n) is 4.51. The number of imidazole rings is 1. The molecule has 0 radical (unpaired) electrons. The molecule has 0 saturated heterocycles. The predicted molar refractivity (Wildman–Crippen MR) is 101 cm³/mol. The van der Waals surface area contributed by atoms with Crippen molar-refractivity contribution in [2.24, 2.45) is 0 Å². The van der Waals surface area contributed by atoms with Gasteiger partial charge in [0.25, 0.3) is 5.91 Å². The van der Waals surface area contributed by atoms with Crippen molar-refractivity contribution in [2.75, 3.05) is 6.54 Å². The lowest BCUT2D eigenvalue weighted by Crippen LogP contribution is -2.32. The summed E-state index contributed by atoms with van der Waals surface area (Å²) in [6.07, 6.45) is 5.90. The summed E-state index contributed by atoms with van der Waals surface area (Å²) in [5, 5.41) is 0. The van der Waals surface area contributed by atoms with Crippen LogP contribution in [0.3, 0.4) is 0 Å². The number of pyridine rings is 1. The van der Waals surface area contributed by atoms with Gasteiger partial charge in [-0.05, 0) is 43.5 Å². The van der Waals surface area contributed by atoms with E-state index in [2.05, 4.69) is 31.0 Å². The molecule has 3 aromatic rings. The molecule has 2 aromatic heterocycles. The molecule has 0 unspecified atom stereocenters. The first-order valence-electron chi connectivity index (χ1n) is 8.87. The summed E-state index contributed by atoms with van der Waals surface area (Å²) in [7, 11) is 0. The molecule has 25 heavy (non-hydrogen) atoms. The molecule has 4 nitrogen and oxygen atoms in total. The van der Waals surface area contributed by atoms with Crippen molar-refractivity contribution < 1.29 is 4.79 Å². The fourth-order valence-corrected chi connectivity index (χ4v) is 3.02. The number of hydrogen-bond acceptors (Lipinski definition) is 2. The van der Waals surface area contributed by atoms with Crippen LogP contribution in [0.5, 0.6) is 0 Å². The monoisotopic (exact) mass is 335 g/mol. The van der Waals surface area contributed by atoms with E-state index >= 15 is 0 Å². The average Bonchev–Trinajstić information content (AvgIpc) is 2.98. The van der Waals surface area contributed by atoms with Crippen molar-refractivity contribution in [3.05, 3.63) is 71.2 Å². The predicted octanol–water partition coefficient (Wildman–Crippen LogP) is 4.39. The van der Waals surface area contributed by atoms with Crippen molar-refractivity contribution in [1.29, 1.82) is 0 Å². The van der Waals surface area contributed by atoms with Crippen molar-refractivity contribution in [2.45, 2.75) is 40.2 Å². The topological polar surface area (TPSA) is 37.6 Å². The van der Waals surface area contributed by atoms with Crippen LogP contribution in [0.15, 0.2) is 48.8 Å². The van der Waals surface area contributed by atoms with Crippen LogP contribution < -0.4 is 0 Å². The number of amides is 1. The second kappa shape index (κ2) is 7.51. The number of fused-ring (bicyclic) bond motifs is 1. The van der Waals surface area contributed by atoms with Gasteiger partial charge in [-0.15, -0.1) is 0 Å². The summed E-state index contributed by atoms with van der Waals surface area (Å²) >= 11 is 0. The molecule has 2 heterocycles. The molecule has 1 aromatic carbocycles. The minimum Gasteiger partial charge on any atom is -0.334 e. The van der Waals surface area contributed by atoms with E-state index in [1.54, 1.807) is 0 Å². The first kappa shape index (κ1) is 17.2. The lowest BCUT2D eigenvalue weighted by atomic mass is 10.1. The van der Waals surface area contributed by atoms with Gasteiger partial charge in [0.05, 0.1) is 11.3 Å². The highest BCUT2D eigenvalue weighted by atomic mass is 16.2. The maximum Gasteiger partial charge on any atom is 0.255 e. The third-order valence-corrected chi connectivity index (χ3v) is 4.51. The molecule has 0 aliphatic heterocycles. The van der Waals surface area contributed by atoms with Crippen molar-refractivity contribution in [1.82, 2.24) is 14.3 Å². The number of carbonyl (C=O) groups excluding carboxylic acids is 1. The van der Waals surface area contributed by atoms with Crippen molar-refractivity contribution >= 4 is 11.6 Å². The Bertz CT molecular complexity index is 882. The highest BCUT2D eigenvalue weighted by molar-refractivity contribution is 5.94. The quantitative estimate of drug-likeness (QED) is 0.670. The second-order valence-corrected chi connectivity index (χ2v) is 6.57. The molecular formula is C21H25N3O. The highest BCUT2D eigenvalue weighted by Crippen LogP contribution is 2.15. The molecule has 0 spiro atoms. The van der Waals surface area contributed by atoms with Crippen molar-refractivity contribution in [3.63, 3.8) is 0 Å². The van der Waals surface area contributed by atoms with E-state index in [0.29, 0.717) is 12.1 Å². The number of benzene rings is 1. The molecule has 1 amide bonds. The number of hydrogen-bond donors (Lipinski definition) is 0. The van der Waals surface area contributed by atoms with Gasteiger partial charge in [-0.25, -0.2) is 4.98 Å². The fraction of sp³-hybridized carbons (Fsp3) is 0.333. The van der Waals surface area contributed by atoms with Crippen LogP contribution in [-0.4, -0.2) is 26.7 Å². The zero-order valence-electron chi connectivity index (χ0n) is 15.2. The van der Waals surface area contributed by atoms with E-state index in [-0.39, 0.29) is 5.91 Å². The molecule has 0 aliphatic rings. The maximum absolute atomic E-state index is 13.1. The largest absolute Gasteiger partial charge is 0.334 e. The van der Waals surface area contributed by atoms with Gasteiger partial charge < -0.3 is 9.30 Å². The number of aromatic nitrogens is 2. The van der Waals surface area contributed by atoms with Crippen LogP contribution in [0.2, 0.25) is 0 Å². The van der Waals surface area contributed by atoms with Gasteiger partial charge in [-0.2, -0.15) is 0 Å². The number of rotatable bonds is 6. The van der Waals surface area contributed by atoms with Gasteiger partial charge >= 0.3 is 0 Å². The van der Waals surface area contributed by atoms with E-state index in [4.69, 9.17) is 0 Å². The lowest BCUT2D eigenvalue weighted by molar-refractivity contribution is 0.0740. The van der Waals surface area contributed by atoms with Crippen LogP contribution in [0, 0.1) is 13.8 Å². The second-order valence-electron chi connectivity index (χ2n) is 6.57. The Balaban J connectivity index is 1.88. The normalized spacial score (nSPS) is 11.0. The Morgan fingerprint density at radius 3 is 2.68 bits per heavy atom. The molecule has 0 N–H and O–H groups in total. The van der Waals surface area contributed by atoms with E-state index in [1.165, 1.54) is 11.1 Å². The fourth-order valence-electron chi connectivity index (χ4n) is 3.02. The molecule has 0 bridgehead atoms. The summed E-state index contributed by atoms with van der Waals surface area (Å²) in [6.45, 7) is 7.62. The highest BCUT2D eigenvalue weighted by Gasteiger charge is 2.17. The van der Waals surface area contributed by atoms with Gasteiger partial charge in [0, 0.05) is 25.5 Å². The molecule has 0 atom stereocenters. The van der Waals surface area contributed by atoms with E-state index in [1.807, 2.05) is 52.9 Å². The zero-order valence-corrected chi connectivity index (χ0v) is 15.2. The summed E-state index contributed by atoms with van der Waals surface area (Å²) in [5.74, 6) is 0.0740. The average molecular weight is 335 g/mol. The van der Waals surface area contributed by atoms with Crippen LogP contribution in [0.4, 0.5) is 0 Å². The SMILES string of the molecule is CCCCN(Cc1ccccc1C)C(=O)c1ccc2nc(C)cn2c1. The number of unbranched alkanes of at least 4 members (excludes halogenated alkanes) is 1. The van der Waals surface area contributed by atoms with Gasteiger partial charge in [0.1, 0.15) is 5.65 Å². The molecule has 0 saturated carbocycles. The number of carbonyl (C=O) groups is 1. The molecule has 130 valence electrons. The van der Waals surface area contributed by atoms with Gasteiger partial charge in [0.2, 0.25) is 0 Å². The number of aryl methyl sites for hydroxylation is 2. The van der Waals surface area contributed by atoms with E-state index in [0.717, 1.165) is 30.7 Å². The van der Waals surface area contributed by atoms with E-state index in [9.17, 15) is 4.79 Å². The van der Waals surface area contributed by atoms with Crippen molar-refractivity contribution in [3.8, 4) is 0 Å².